The van der Waals surface area contributed by atoms with Crippen molar-refractivity contribution in [1.29, 1.82) is 0 Å². The molecule has 1 aromatic rings. The summed E-state index contributed by atoms with van der Waals surface area (Å²) in [6.07, 6.45) is 1.93. The van der Waals surface area contributed by atoms with Gasteiger partial charge < -0.3 is 14.7 Å². The summed E-state index contributed by atoms with van der Waals surface area (Å²) in [7, 11) is 1.73. The highest BCUT2D eigenvalue weighted by Gasteiger charge is 2.28. The number of amides is 2. The molecule has 2 amide bonds. The number of hydrogen-bond acceptors (Lipinski definition) is 4. The molecule has 0 unspecified atom stereocenters. The van der Waals surface area contributed by atoms with Crippen LogP contribution in [0.15, 0.2) is 18.2 Å². The molecule has 0 fully saturated rings. The van der Waals surface area contributed by atoms with E-state index >= 15 is 0 Å². The number of likely N-dealkylation sites (N-methyl/N-ethyl adjacent to an activating group) is 1. The number of aromatic hydroxyl groups is 1. The monoisotopic (exact) mass is 292 g/mol. The molecule has 6 nitrogen and oxygen atoms in total. The molecule has 0 atom stereocenters. The van der Waals surface area contributed by atoms with Crippen LogP contribution in [0.25, 0.3) is 0 Å². The van der Waals surface area contributed by atoms with Crippen molar-refractivity contribution in [2.75, 3.05) is 31.6 Å². The molecule has 1 aliphatic heterocycles. The Labute approximate surface area is 123 Å². The van der Waals surface area contributed by atoms with Crippen LogP contribution in [-0.2, 0) is 9.59 Å². The average Bonchev–Trinajstić information content (AvgIpc) is 2.47. The first kappa shape index (κ1) is 15.2. The van der Waals surface area contributed by atoms with Crippen LogP contribution in [0.2, 0.25) is 0 Å². The number of nitrogens with zero attached hydrogens (tertiary/aromatic N) is 2. The number of phenolic OH excluding ortho intramolecular Hbond substituents is 1. The van der Waals surface area contributed by atoms with Crippen molar-refractivity contribution in [2.45, 2.75) is 19.8 Å². The number of carbonyl (C=O) groups is 2. The number of fused-ring (bicyclic) bond motifs is 1. The van der Waals surface area contributed by atoms with Crippen LogP contribution in [0.3, 0.4) is 0 Å². The Balaban J connectivity index is 2.14. The highest BCUT2D eigenvalue weighted by atomic mass is 16.5. The Kier molecular flexibility index (Phi) is 4.67. The van der Waals surface area contributed by atoms with Gasteiger partial charge in [-0.2, -0.15) is 0 Å². The van der Waals surface area contributed by atoms with Crippen LogP contribution in [0.5, 0.6) is 11.5 Å². The van der Waals surface area contributed by atoms with Crippen molar-refractivity contribution in [3.63, 3.8) is 0 Å². The van der Waals surface area contributed by atoms with Crippen molar-refractivity contribution >= 4 is 17.5 Å². The normalized spacial score (nSPS) is 13.6. The molecule has 0 aromatic heterocycles. The molecule has 21 heavy (non-hydrogen) atoms. The lowest BCUT2D eigenvalue weighted by molar-refractivity contribution is -0.131. The number of carbonyl (C=O) groups excluding carboxylic acids is 2. The molecule has 0 aliphatic carbocycles. The van der Waals surface area contributed by atoms with Gasteiger partial charge in [0.25, 0.3) is 5.91 Å². The first-order valence-electron chi connectivity index (χ1n) is 7.03. The van der Waals surface area contributed by atoms with E-state index in [-0.39, 0.29) is 30.7 Å². The molecular weight excluding hydrogens is 272 g/mol. The summed E-state index contributed by atoms with van der Waals surface area (Å²) >= 11 is 0. The van der Waals surface area contributed by atoms with E-state index in [9.17, 15) is 14.7 Å². The number of phenols is 1. The van der Waals surface area contributed by atoms with E-state index < -0.39 is 0 Å². The van der Waals surface area contributed by atoms with Crippen LogP contribution in [0.1, 0.15) is 19.8 Å². The fraction of sp³-hybridized carbons (Fsp3) is 0.467. The van der Waals surface area contributed by atoms with Crippen LogP contribution in [-0.4, -0.2) is 48.6 Å². The maximum atomic E-state index is 12.2. The summed E-state index contributed by atoms with van der Waals surface area (Å²) in [6.45, 7) is 2.59. The van der Waals surface area contributed by atoms with E-state index in [4.69, 9.17) is 4.74 Å². The molecule has 1 heterocycles. The summed E-state index contributed by atoms with van der Waals surface area (Å²) in [4.78, 5) is 27.2. The molecule has 2 rings (SSSR count). The molecule has 0 saturated heterocycles. The van der Waals surface area contributed by atoms with E-state index in [1.165, 1.54) is 17.0 Å². The fourth-order valence-electron chi connectivity index (χ4n) is 2.14. The molecule has 0 radical (unpaired) electrons. The number of hydrogen-bond donors (Lipinski definition) is 1. The van der Waals surface area contributed by atoms with Crippen molar-refractivity contribution in [3.05, 3.63) is 18.2 Å². The van der Waals surface area contributed by atoms with Gasteiger partial charge in [-0.15, -0.1) is 0 Å². The first-order chi connectivity index (χ1) is 10.0. The van der Waals surface area contributed by atoms with Gasteiger partial charge in [0.2, 0.25) is 5.91 Å². The quantitative estimate of drug-likeness (QED) is 0.890. The molecular formula is C15H20N2O4. The molecule has 1 N–H and O–H groups in total. The van der Waals surface area contributed by atoms with Gasteiger partial charge in [0, 0.05) is 19.7 Å². The topological polar surface area (TPSA) is 70.1 Å². The average molecular weight is 292 g/mol. The van der Waals surface area contributed by atoms with Gasteiger partial charge in [0.05, 0.1) is 5.69 Å². The van der Waals surface area contributed by atoms with Crippen LogP contribution >= 0.6 is 0 Å². The summed E-state index contributed by atoms with van der Waals surface area (Å²) in [6, 6.07) is 4.52. The molecule has 6 heteroatoms. The summed E-state index contributed by atoms with van der Waals surface area (Å²) < 4.78 is 5.30. The standard InChI is InChI=1S/C15H20N2O4/c1-3-4-7-16(2)14(19)9-17-12-8-11(18)5-6-13(12)21-10-15(17)20/h5-6,8,18H,3-4,7,9-10H2,1-2H3. The van der Waals surface area contributed by atoms with E-state index in [1.54, 1.807) is 18.0 Å². The molecule has 0 spiro atoms. The Morgan fingerprint density at radius 3 is 2.95 bits per heavy atom. The lowest BCUT2D eigenvalue weighted by Gasteiger charge is -2.30. The number of anilines is 1. The van der Waals surface area contributed by atoms with E-state index in [0.717, 1.165) is 12.8 Å². The minimum atomic E-state index is -0.287. The second-order valence-electron chi connectivity index (χ2n) is 5.09. The highest BCUT2D eigenvalue weighted by Crippen LogP contribution is 2.34. The van der Waals surface area contributed by atoms with Gasteiger partial charge in [-0.05, 0) is 18.6 Å². The van der Waals surface area contributed by atoms with Crippen molar-refractivity contribution in [1.82, 2.24) is 4.90 Å². The van der Waals surface area contributed by atoms with Crippen LogP contribution in [0.4, 0.5) is 5.69 Å². The predicted molar refractivity (Wildman–Crippen MR) is 78.5 cm³/mol. The zero-order valence-corrected chi connectivity index (χ0v) is 12.3. The van der Waals surface area contributed by atoms with Crippen LogP contribution in [0, 0.1) is 0 Å². The zero-order valence-electron chi connectivity index (χ0n) is 12.3. The second-order valence-corrected chi connectivity index (χ2v) is 5.09. The molecule has 1 aliphatic rings. The van der Waals surface area contributed by atoms with Gasteiger partial charge in [0.15, 0.2) is 6.61 Å². The molecule has 0 bridgehead atoms. The Morgan fingerprint density at radius 2 is 2.24 bits per heavy atom. The Hall–Kier alpha value is -2.24. The summed E-state index contributed by atoms with van der Waals surface area (Å²) in [5, 5.41) is 9.56. The Bertz CT molecular complexity index is 544. The molecule has 0 saturated carbocycles. The number of unbranched alkanes of at least 4 members (excludes halogenated alkanes) is 1. The van der Waals surface area contributed by atoms with E-state index in [0.29, 0.717) is 18.0 Å². The number of benzene rings is 1. The van der Waals surface area contributed by atoms with Gasteiger partial charge in [0.1, 0.15) is 18.0 Å². The number of rotatable bonds is 5. The van der Waals surface area contributed by atoms with Crippen molar-refractivity contribution < 1.29 is 19.4 Å². The fourth-order valence-corrected chi connectivity index (χ4v) is 2.14. The highest BCUT2D eigenvalue weighted by molar-refractivity contribution is 6.02. The summed E-state index contributed by atoms with van der Waals surface area (Å²) in [5.74, 6) is 0.110. The van der Waals surface area contributed by atoms with Crippen molar-refractivity contribution in [2.24, 2.45) is 0 Å². The largest absolute Gasteiger partial charge is 0.508 e. The number of ether oxygens (including phenoxy) is 1. The maximum absolute atomic E-state index is 12.2. The molecule has 1 aromatic carbocycles. The maximum Gasteiger partial charge on any atom is 0.265 e. The summed E-state index contributed by atoms with van der Waals surface area (Å²) in [5.41, 5.74) is 0.434. The third-order valence-electron chi connectivity index (χ3n) is 3.45. The van der Waals surface area contributed by atoms with Gasteiger partial charge in [-0.1, -0.05) is 13.3 Å². The minimum absolute atomic E-state index is 0.0313. The van der Waals surface area contributed by atoms with Gasteiger partial charge in [-0.25, -0.2) is 0 Å². The first-order valence-corrected chi connectivity index (χ1v) is 7.03. The Morgan fingerprint density at radius 1 is 1.48 bits per heavy atom. The second kappa shape index (κ2) is 6.47. The smallest absolute Gasteiger partial charge is 0.265 e. The third kappa shape index (κ3) is 3.45. The van der Waals surface area contributed by atoms with Gasteiger partial charge in [-0.3, -0.25) is 14.5 Å². The lowest BCUT2D eigenvalue weighted by Crippen LogP contribution is -2.45. The van der Waals surface area contributed by atoms with Crippen LogP contribution < -0.4 is 9.64 Å². The predicted octanol–water partition coefficient (Wildman–Crippen LogP) is 1.38. The third-order valence-corrected chi connectivity index (χ3v) is 3.45. The van der Waals surface area contributed by atoms with Gasteiger partial charge >= 0.3 is 0 Å². The lowest BCUT2D eigenvalue weighted by atomic mass is 10.2. The SMILES string of the molecule is CCCCN(C)C(=O)CN1C(=O)COc2ccc(O)cc21. The van der Waals surface area contributed by atoms with E-state index in [2.05, 4.69) is 6.92 Å². The minimum Gasteiger partial charge on any atom is -0.508 e. The van der Waals surface area contributed by atoms with Crippen molar-refractivity contribution in [3.8, 4) is 11.5 Å². The molecule has 114 valence electrons. The van der Waals surface area contributed by atoms with E-state index in [1.807, 2.05) is 0 Å². The zero-order chi connectivity index (χ0) is 15.4.